The van der Waals surface area contributed by atoms with Crippen molar-refractivity contribution in [3.63, 3.8) is 0 Å². The Hall–Kier alpha value is -5.05. The molecule has 2 N–H and O–H groups in total. The summed E-state index contributed by atoms with van der Waals surface area (Å²) in [4.78, 5) is 46.9. The third-order valence-electron chi connectivity index (χ3n) is 9.16. The first-order valence-electron chi connectivity index (χ1n) is 17.1. The molecule has 2 aromatic carbocycles. The number of benzene rings is 2. The summed E-state index contributed by atoms with van der Waals surface area (Å²) in [6.45, 7) is 0. The predicted octanol–water partition coefficient (Wildman–Crippen LogP) is 7.36. The summed E-state index contributed by atoms with van der Waals surface area (Å²) < 4.78 is 11.1. The van der Waals surface area contributed by atoms with Crippen molar-refractivity contribution in [2.75, 3.05) is 0 Å². The molecule has 2 saturated carbocycles. The van der Waals surface area contributed by atoms with Crippen LogP contribution in [0.15, 0.2) is 85.2 Å². The number of carbonyl (C=O) groups is 3. The molecule has 48 heavy (non-hydrogen) atoms. The summed E-state index contributed by atoms with van der Waals surface area (Å²) in [5.74, 6) is 0.178. The van der Waals surface area contributed by atoms with E-state index < -0.39 is 6.16 Å². The van der Waals surface area contributed by atoms with Crippen LogP contribution in [-0.4, -0.2) is 40.0 Å². The van der Waals surface area contributed by atoms with E-state index in [1.54, 1.807) is 24.5 Å². The molecular formula is C39H42N4O5. The number of hydrogen-bond donors (Lipinski definition) is 2. The first-order chi connectivity index (χ1) is 23.5. The van der Waals surface area contributed by atoms with E-state index >= 15 is 0 Å². The van der Waals surface area contributed by atoms with Gasteiger partial charge in [0.05, 0.1) is 0 Å². The van der Waals surface area contributed by atoms with Gasteiger partial charge in [-0.1, -0.05) is 74.9 Å². The number of nitrogens with one attached hydrogen (secondary N) is 2. The van der Waals surface area contributed by atoms with Crippen LogP contribution in [0.4, 0.5) is 4.79 Å². The van der Waals surface area contributed by atoms with Crippen LogP contribution in [0, 0.1) is 0 Å². The molecule has 0 bridgehead atoms. The Morgan fingerprint density at radius 2 is 0.958 bits per heavy atom. The van der Waals surface area contributed by atoms with Crippen LogP contribution in [0.5, 0.6) is 11.8 Å². The number of nitrogens with zero attached hydrogens (tertiary/aromatic N) is 2. The van der Waals surface area contributed by atoms with Crippen molar-refractivity contribution in [2.45, 2.75) is 89.1 Å². The average Bonchev–Trinajstić information content (AvgIpc) is 3.11. The molecule has 0 aliphatic heterocycles. The van der Waals surface area contributed by atoms with Crippen LogP contribution in [0.1, 0.15) is 107 Å². The van der Waals surface area contributed by atoms with Gasteiger partial charge in [-0.15, -0.1) is 0 Å². The molecule has 0 atom stereocenters. The Morgan fingerprint density at radius 3 is 1.35 bits per heavy atom. The van der Waals surface area contributed by atoms with Gasteiger partial charge in [0.1, 0.15) is 0 Å². The monoisotopic (exact) mass is 646 g/mol. The highest BCUT2D eigenvalue weighted by Crippen LogP contribution is 2.24. The molecule has 6 rings (SSSR count). The lowest BCUT2D eigenvalue weighted by Gasteiger charge is -2.22. The molecule has 2 heterocycles. The number of carbonyl (C=O) groups excluding carboxylic acids is 3. The molecule has 4 aromatic rings. The van der Waals surface area contributed by atoms with Gasteiger partial charge in [-0.3, -0.25) is 9.59 Å². The number of rotatable bonds is 10. The second kappa shape index (κ2) is 16.2. The average molecular weight is 647 g/mol. The van der Waals surface area contributed by atoms with Crippen molar-refractivity contribution < 1.29 is 23.9 Å². The lowest BCUT2D eigenvalue weighted by atomic mass is 9.95. The van der Waals surface area contributed by atoms with E-state index in [1.807, 2.05) is 60.7 Å². The molecule has 2 fully saturated rings. The smallest absolute Gasteiger partial charge is 0.375 e. The van der Waals surface area contributed by atoms with Crippen LogP contribution in [0.2, 0.25) is 0 Å². The molecule has 9 nitrogen and oxygen atoms in total. The van der Waals surface area contributed by atoms with Crippen molar-refractivity contribution in [2.24, 2.45) is 0 Å². The third kappa shape index (κ3) is 9.06. The highest BCUT2D eigenvalue weighted by atomic mass is 16.7. The van der Waals surface area contributed by atoms with Gasteiger partial charge in [-0.25, -0.2) is 14.8 Å². The first kappa shape index (κ1) is 32.9. The zero-order valence-corrected chi connectivity index (χ0v) is 27.2. The summed E-state index contributed by atoms with van der Waals surface area (Å²) >= 11 is 0. The minimum Gasteiger partial charge on any atom is -0.375 e. The van der Waals surface area contributed by atoms with Crippen LogP contribution in [-0.2, 0) is 12.8 Å². The topological polar surface area (TPSA) is 120 Å². The van der Waals surface area contributed by atoms with E-state index in [1.165, 1.54) is 12.8 Å². The predicted molar refractivity (Wildman–Crippen MR) is 182 cm³/mol. The molecule has 2 amide bonds. The summed E-state index contributed by atoms with van der Waals surface area (Å²) in [5.41, 5.74) is 4.53. The highest BCUT2D eigenvalue weighted by molar-refractivity contribution is 5.95. The lowest BCUT2D eigenvalue weighted by Crippen LogP contribution is -2.36. The highest BCUT2D eigenvalue weighted by Gasteiger charge is 2.20. The SMILES string of the molecule is O=C(Oc1ncccc1Cc1ccc(C(=O)NC2CCCCC2)cc1)Oc1ncccc1Cc1ccc(C(=O)NC2CCCCC2)cc1. The summed E-state index contributed by atoms with van der Waals surface area (Å²) in [6.07, 6.45) is 14.3. The van der Waals surface area contributed by atoms with Crippen LogP contribution >= 0.6 is 0 Å². The fourth-order valence-electron chi connectivity index (χ4n) is 6.50. The van der Waals surface area contributed by atoms with Gasteiger partial charge in [0.25, 0.3) is 11.8 Å². The molecule has 0 unspecified atom stereocenters. The van der Waals surface area contributed by atoms with Crippen molar-refractivity contribution in [3.8, 4) is 11.8 Å². The standard InChI is InChI=1S/C39H42N4O5/c44-35(42-33-11-3-1-4-12-33)29-19-15-27(16-20-29)25-31-9-7-23-40-37(31)47-39(46)48-38-32(10-8-24-41-38)26-28-17-21-30(22-18-28)36(45)43-34-13-5-2-6-14-34/h7-10,15-24,33-34H,1-6,11-14,25-26H2,(H,42,44)(H,43,45). The molecule has 2 aliphatic rings. The number of aromatic nitrogens is 2. The Bertz CT molecular complexity index is 1570. The zero-order valence-electron chi connectivity index (χ0n) is 27.2. The summed E-state index contributed by atoms with van der Waals surface area (Å²) in [7, 11) is 0. The van der Waals surface area contributed by atoms with E-state index in [0.29, 0.717) is 35.1 Å². The second-order valence-electron chi connectivity index (χ2n) is 12.8. The quantitative estimate of drug-likeness (QED) is 0.173. The minimum atomic E-state index is -0.945. The zero-order chi connectivity index (χ0) is 33.1. The summed E-state index contributed by atoms with van der Waals surface area (Å²) in [5, 5.41) is 6.30. The van der Waals surface area contributed by atoms with E-state index in [4.69, 9.17) is 9.47 Å². The third-order valence-corrected chi connectivity index (χ3v) is 9.16. The maximum absolute atomic E-state index is 12.9. The summed E-state index contributed by atoms with van der Waals surface area (Å²) in [6, 6.07) is 22.6. The Labute approximate surface area is 281 Å². The second-order valence-corrected chi connectivity index (χ2v) is 12.8. The van der Waals surface area contributed by atoms with Crippen LogP contribution in [0.25, 0.3) is 0 Å². The van der Waals surface area contributed by atoms with Gasteiger partial charge in [0.15, 0.2) is 0 Å². The molecule has 0 spiro atoms. The van der Waals surface area contributed by atoms with Crippen molar-refractivity contribution in [1.29, 1.82) is 0 Å². The number of ether oxygens (including phenoxy) is 2. The largest absolute Gasteiger partial charge is 0.522 e. The Balaban J connectivity index is 1.04. The van der Waals surface area contributed by atoms with Crippen LogP contribution in [0.3, 0.4) is 0 Å². The number of hydrogen-bond acceptors (Lipinski definition) is 7. The molecule has 0 saturated heterocycles. The molecular weight excluding hydrogens is 604 g/mol. The number of amides is 2. The number of pyridine rings is 2. The minimum absolute atomic E-state index is 0.0511. The van der Waals surface area contributed by atoms with Gasteiger partial charge >= 0.3 is 6.16 Å². The van der Waals surface area contributed by atoms with Crippen molar-refractivity contribution in [1.82, 2.24) is 20.6 Å². The molecule has 0 radical (unpaired) electrons. The molecule has 9 heteroatoms. The van der Waals surface area contributed by atoms with Crippen molar-refractivity contribution in [3.05, 3.63) is 119 Å². The van der Waals surface area contributed by atoms with Crippen molar-refractivity contribution >= 4 is 18.0 Å². The molecule has 248 valence electrons. The van der Waals surface area contributed by atoms with Gasteiger partial charge in [0, 0.05) is 59.6 Å². The first-order valence-corrected chi connectivity index (χ1v) is 17.1. The van der Waals surface area contributed by atoms with E-state index in [-0.39, 0.29) is 35.7 Å². The normalized spacial score (nSPS) is 15.3. The van der Waals surface area contributed by atoms with Gasteiger partial charge in [-0.2, -0.15) is 0 Å². The Morgan fingerprint density at radius 1 is 0.562 bits per heavy atom. The van der Waals surface area contributed by atoms with E-state index in [9.17, 15) is 14.4 Å². The van der Waals surface area contributed by atoms with Crippen LogP contribution < -0.4 is 20.1 Å². The maximum atomic E-state index is 12.9. The molecule has 2 aromatic heterocycles. The van der Waals surface area contributed by atoms with Gasteiger partial charge in [0.2, 0.25) is 11.8 Å². The van der Waals surface area contributed by atoms with E-state index in [0.717, 1.165) is 62.5 Å². The fourth-order valence-corrected chi connectivity index (χ4v) is 6.50. The lowest BCUT2D eigenvalue weighted by molar-refractivity contribution is 0.0919. The van der Waals surface area contributed by atoms with E-state index in [2.05, 4.69) is 20.6 Å². The fraction of sp³-hybridized carbons (Fsp3) is 0.359. The maximum Gasteiger partial charge on any atom is 0.522 e. The molecule has 2 aliphatic carbocycles. The van der Waals surface area contributed by atoms with Gasteiger partial charge < -0.3 is 20.1 Å². The van der Waals surface area contributed by atoms with Gasteiger partial charge in [-0.05, 0) is 73.2 Å². The Kier molecular flexibility index (Phi) is 11.1.